The van der Waals surface area contributed by atoms with E-state index in [4.69, 9.17) is 5.11 Å². The van der Waals surface area contributed by atoms with Crippen molar-refractivity contribution in [1.29, 1.82) is 0 Å². The zero-order chi connectivity index (χ0) is 19.2. The van der Waals surface area contributed by atoms with Crippen LogP contribution in [0.2, 0.25) is 0 Å². The van der Waals surface area contributed by atoms with Gasteiger partial charge in [-0.15, -0.1) is 0 Å². The largest absolute Gasteiger partial charge is 0.481 e. The number of nitrogens with zero attached hydrogens (tertiary/aromatic N) is 2. The van der Waals surface area contributed by atoms with Crippen LogP contribution in [0.3, 0.4) is 0 Å². The van der Waals surface area contributed by atoms with Crippen molar-refractivity contribution in [3.8, 4) is 0 Å². The van der Waals surface area contributed by atoms with Crippen molar-refractivity contribution < 1.29 is 23.2 Å². The molecule has 0 saturated carbocycles. The Hall–Kier alpha value is -2.78. The number of sulfonamides is 1. The molecular weight excluding hydrogens is 360 g/mol. The lowest BCUT2D eigenvalue weighted by atomic mass is 10.2. The smallest absolute Gasteiger partial charge is 0.303 e. The van der Waals surface area contributed by atoms with Crippen LogP contribution >= 0.6 is 0 Å². The highest BCUT2D eigenvalue weighted by atomic mass is 32.2. The van der Waals surface area contributed by atoms with Crippen molar-refractivity contribution in [2.24, 2.45) is 0 Å². The van der Waals surface area contributed by atoms with E-state index in [9.17, 15) is 23.3 Å². The van der Waals surface area contributed by atoms with E-state index >= 15 is 0 Å². The Labute approximate surface area is 150 Å². The van der Waals surface area contributed by atoms with Crippen molar-refractivity contribution in [1.82, 2.24) is 4.31 Å². The highest BCUT2D eigenvalue weighted by Crippen LogP contribution is 2.23. The normalized spacial score (nSPS) is 11.4. The molecular formula is C17H18N2O6S. The van der Waals surface area contributed by atoms with Gasteiger partial charge in [0.15, 0.2) is 0 Å². The number of carboxylic acid groups (broad SMARTS) is 1. The first kappa shape index (κ1) is 19.5. The first-order chi connectivity index (χ1) is 12.3. The third kappa shape index (κ3) is 5.11. The molecule has 0 atom stereocenters. The topological polar surface area (TPSA) is 118 Å². The molecule has 0 spiro atoms. The molecule has 2 aromatic rings. The quantitative estimate of drug-likeness (QED) is 0.529. The molecule has 26 heavy (non-hydrogen) atoms. The number of non-ortho nitro benzene ring substituents is 1. The summed E-state index contributed by atoms with van der Waals surface area (Å²) < 4.78 is 27.0. The van der Waals surface area contributed by atoms with Gasteiger partial charge in [-0.3, -0.25) is 14.9 Å². The molecule has 8 nitrogen and oxygen atoms in total. The summed E-state index contributed by atoms with van der Waals surface area (Å²) in [5.74, 6) is -1.02. The summed E-state index contributed by atoms with van der Waals surface area (Å²) in [6.45, 7) is 0.0394. The summed E-state index contributed by atoms with van der Waals surface area (Å²) in [4.78, 5) is 20.8. The average molecular weight is 378 g/mol. The third-order valence-electron chi connectivity index (χ3n) is 3.67. The molecule has 0 aliphatic heterocycles. The summed E-state index contributed by atoms with van der Waals surface area (Å²) >= 11 is 0. The summed E-state index contributed by atoms with van der Waals surface area (Å²) in [5, 5.41) is 19.7. The predicted molar refractivity (Wildman–Crippen MR) is 94.0 cm³/mol. The maximum atomic E-state index is 12.9. The van der Waals surface area contributed by atoms with Crippen molar-refractivity contribution in [3.63, 3.8) is 0 Å². The molecule has 138 valence electrons. The average Bonchev–Trinajstić information content (AvgIpc) is 2.61. The van der Waals surface area contributed by atoms with Crippen LogP contribution in [0.4, 0.5) is 5.69 Å². The number of rotatable bonds is 9. The van der Waals surface area contributed by atoms with Gasteiger partial charge in [0.05, 0.1) is 9.82 Å². The first-order valence-electron chi connectivity index (χ1n) is 7.81. The van der Waals surface area contributed by atoms with Crippen molar-refractivity contribution in [2.45, 2.75) is 24.3 Å². The van der Waals surface area contributed by atoms with Crippen molar-refractivity contribution >= 4 is 21.7 Å². The number of nitro benzene ring substituents is 1. The Morgan fingerprint density at radius 2 is 1.81 bits per heavy atom. The fraction of sp³-hybridized carbons (Fsp3) is 0.235. The second-order valence-corrected chi connectivity index (χ2v) is 7.51. The van der Waals surface area contributed by atoms with E-state index in [0.29, 0.717) is 0 Å². The molecule has 2 rings (SSSR count). The minimum absolute atomic E-state index is 0.00772. The number of hydrogen-bond donors (Lipinski definition) is 1. The lowest BCUT2D eigenvalue weighted by Crippen LogP contribution is -2.32. The van der Waals surface area contributed by atoms with Crippen LogP contribution in [0.5, 0.6) is 0 Å². The number of hydrogen-bond acceptors (Lipinski definition) is 5. The maximum absolute atomic E-state index is 12.9. The molecule has 0 aromatic heterocycles. The van der Waals surface area contributed by atoms with Gasteiger partial charge < -0.3 is 5.11 Å². The molecule has 2 aromatic carbocycles. The lowest BCUT2D eigenvalue weighted by Gasteiger charge is -2.22. The molecule has 9 heteroatoms. The second kappa shape index (κ2) is 8.54. The molecule has 0 heterocycles. The molecule has 0 saturated heterocycles. The third-order valence-corrected chi connectivity index (χ3v) is 5.51. The number of nitro groups is 1. The SMILES string of the molecule is O=C(O)CCCN(Cc1ccccc1)S(=O)(=O)c1cccc([N+](=O)[O-])c1. The monoisotopic (exact) mass is 378 g/mol. The fourth-order valence-electron chi connectivity index (χ4n) is 2.38. The standard InChI is InChI=1S/C17H18N2O6S/c20-17(21)10-5-11-18(13-14-6-2-1-3-7-14)26(24,25)16-9-4-8-15(12-16)19(22)23/h1-4,6-9,12H,5,10-11,13H2,(H,20,21). The van der Waals surface area contributed by atoms with E-state index < -0.39 is 20.9 Å². The van der Waals surface area contributed by atoms with Crippen LogP contribution in [0.25, 0.3) is 0 Å². The predicted octanol–water partition coefficient (Wildman–Crippen LogP) is 2.65. The van der Waals surface area contributed by atoms with Crippen molar-refractivity contribution in [3.05, 3.63) is 70.3 Å². The zero-order valence-electron chi connectivity index (χ0n) is 13.8. The first-order valence-corrected chi connectivity index (χ1v) is 9.25. The van der Waals surface area contributed by atoms with E-state index in [0.717, 1.165) is 15.9 Å². The van der Waals surface area contributed by atoms with E-state index in [-0.39, 0.29) is 36.5 Å². The van der Waals surface area contributed by atoms with E-state index in [1.54, 1.807) is 30.3 Å². The Morgan fingerprint density at radius 3 is 2.42 bits per heavy atom. The summed E-state index contributed by atoms with van der Waals surface area (Å²) in [7, 11) is -4.02. The second-order valence-electron chi connectivity index (χ2n) is 5.58. The number of carbonyl (C=O) groups is 1. The highest BCUT2D eigenvalue weighted by molar-refractivity contribution is 7.89. The Bertz CT molecular complexity index is 883. The van der Waals surface area contributed by atoms with Crippen LogP contribution < -0.4 is 0 Å². The molecule has 0 fully saturated rings. The summed E-state index contributed by atoms with van der Waals surface area (Å²) in [6, 6.07) is 13.7. The number of aliphatic carboxylic acids is 1. The number of benzene rings is 2. The molecule has 0 unspecified atom stereocenters. The van der Waals surface area contributed by atoms with Crippen LogP contribution in [-0.2, 0) is 21.4 Å². The molecule has 0 aliphatic carbocycles. The van der Waals surface area contributed by atoms with Crippen LogP contribution in [-0.4, -0.2) is 35.3 Å². The van der Waals surface area contributed by atoms with Gasteiger partial charge in [0.1, 0.15) is 0 Å². The maximum Gasteiger partial charge on any atom is 0.303 e. The number of carboxylic acids is 1. The summed E-state index contributed by atoms with van der Waals surface area (Å²) in [6.07, 6.45) is -0.0356. The molecule has 1 N–H and O–H groups in total. The highest BCUT2D eigenvalue weighted by Gasteiger charge is 2.26. The molecule has 0 aliphatic rings. The fourth-order valence-corrected chi connectivity index (χ4v) is 3.89. The van der Waals surface area contributed by atoms with Gasteiger partial charge in [-0.2, -0.15) is 4.31 Å². The van der Waals surface area contributed by atoms with Gasteiger partial charge in [0, 0.05) is 31.6 Å². The van der Waals surface area contributed by atoms with E-state index in [1.165, 1.54) is 18.2 Å². The summed E-state index contributed by atoms with van der Waals surface area (Å²) in [5.41, 5.74) is 0.410. The van der Waals surface area contributed by atoms with Crippen LogP contribution in [0, 0.1) is 10.1 Å². The van der Waals surface area contributed by atoms with Gasteiger partial charge in [-0.05, 0) is 18.1 Å². The Morgan fingerprint density at radius 1 is 1.12 bits per heavy atom. The van der Waals surface area contributed by atoms with Gasteiger partial charge in [-0.1, -0.05) is 36.4 Å². The lowest BCUT2D eigenvalue weighted by molar-refractivity contribution is -0.385. The van der Waals surface area contributed by atoms with Gasteiger partial charge in [-0.25, -0.2) is 8.42 Å². The van der Waals surface area contributed by atoms with Crippen LogP contribution in [0.15, 0.2) is 59.5 Å². The van der Waals surface area contributed by atoms with Gasteiger partial charge in [0.25, 0.3) is 5.69 Å². The van der Waals surface area contributed by atoms with Crippen LogP contribution in [0.1, 0.15) is 18.4 Å². The minimum Gasteiger partial charge on any atom is -0.481 e. The Kier molecular flexibility index (Phi) is 6.42. The molecule has 0 bridgehead atoms. The van der Waals surface area contributed by atoms with Gasteiger partial charge in [0.2, 0.25) is 10.0 Å². The van der Waals surface area contributed by atoms with E-state index in [2.05, 4.69) is 0 Å². The van der Waals surface area contributed by atoms with E-state index in [1.807, 2.05) is 0 Å². The molecule has 0 radical (unpaired) electrons. The zero-order valence-corrected chi connectivity index (χ0v) is 14.6. The van der Waals surface area contributed by atoms with Crippen molar-refractivity contribution in [2.75, 3.05) is 6.54 Å². The minimum atomic E-state index is -4.02. The van der Waals surface area contributed by atoms with Gasteiger partial charge >= 0.3 is 5.97 Å². The molecule has 0 amide bonds. The Balaban J connectivity index is 2.33.